The molecule has 1 heterocycles. The maximum atomic E-state index is 12.5. The van der Waals surface area contributed by atoms with Crippen molar-refractivity contribution in [3.63, 3.8) is 0 Å². The number of halogens is 2. The van der Waals surface area contributed by atoms with Gasteiger partial charge in [-0.2, -0.15) is 8.78 Å². The molecule has 1 aliphatic heterocycles. The maximum Gasteiger partial charge on any atom is 0.315 e. The number of hydrogen-bond acceptors (Lipinski definition) is 3. The van der Waals surface area contributed by atoms with Gasteiger partial charge in [0.1, 0.15) is 0 Å². The monoisotopic (exact) mass is 325 g/mol. The van der Waals surface area contributed by atoms with Crippen molar-refractivity contribution in [1.29, 1.82) is 0 Å². The SMILES string of the molecule is CC(=O)Nc1ccc(CN2CCCN(C(=O)C(F)F)CC2)cc1. The minimum Gasteiger partial charge on any atom is -0.336 e. The molecule has 1 N–H and O–H groups in total. The van der Waals surface area contributed by atoms with Crippen LogP contribution in [0.3, 0.4) is 0 Å². The van der Waals surface area contributed by atoms with E-state index in [1.165, 1.54) is 11.8 Å². The molecule has 0 saturated carbocycles. The van der Waals surface area contributed by atoms with Gasteiger partial charge in [-0.25, -0.2) is 0 Å². The van der Waals surface area contributed by atoms with Crippen LogP contribution in [0.25, 0.3) is 0 Å². The Morgan fingerprint density at radius 1 is 1.13 bits per heavy atom. The zero-order valence-electron chi connectivity index (χ0n) is 13.1. The molecular weight excluding hydrogens is 304 g/mol. The maximum absolute atomic E-state index is 12.5. The summed E-state index contributed by atoms with van der Waals surface area (Å²) in [5.41, 5.74) is 1.82. The first-order valence-electron chi connectivity index (χ1n) is 7.61. The van der Waals surface area contributed by atoms with Crippen LogP contribution in [0, 0.1) is 0 Å². The highest BCUT2D eigenvalue weighted by Crippen LogP contribution is 2.14. The lowest BCUT2D eigenvalue weighted by Crippen LogP contribution is -2.38. The fourth-order valence-electron chi connectivity index (χ4n) is 2.64. The van der Waals surface area contributed by atoms with E-state index in [9.17, 15) is 18.4 Å². The van der Waals surface area contributed by atoms with Crippen LogP contribution in [-0.4, -0.2) is 54.2 Å². The number of anilines is 1. The highest BCUT2D eigenvalue weighted by atomic mass is 19.3. The molecule has 1 saturated heterocycles. The number of rotatable bonds is 4. The van der Waals surface area contributed by atoms with Crippen molar-refractivity contribution in [3.8, 4) is 0 Å². The van der Waals surface area contributed by atoms with E-state index in [4.69, 9.17) is 0 Å². The number of benzene rings is 1. The van der Waals surface area contributed by atoms with Crippen molar-refractivity contribution in [3.05, 3.63) is 29.8 Å². The molecule has 0 bridgehead atoms. The average Bonchev–Trinajstić information content (AvgIpc) is 2.73. The fourth-order valence-corrected chi connectivity index (χ4v) is 2.64. The fraction of sp³-hybridized carbons (Fsp3) is 0.500. The van der Waals surface area contributed by atoms with Gasteiger partial charge in [0.2, 0.25) is 5.91 Å². The normalized spacial score (nSPS) is 16.3. The molecule has 0 aliphatic carbocycles. The van der Waals surface area contributed by atoms with Gasteiger partial charge in [-0.3, -0.25) is 14.5 Å². The molecule has 1 fully saturated rings. The lowest BCUT2D eigenvalue weighted by atomic mass is 10.2. The molecular formula is C16H21F2N3O2. The highest BCUT2D eigenvalue weighted by molar-refractivity contribution is 5.88. The standard InChI is InChI=1S/C16H21F2N3O2/c1-12(22)19-14-5-3-13(4-6-14)11-20-7-2-8-21(10-9-20)16(23)15(17)18/h3-6,15H,2,7-11H2,1H3,(H,19,22). The van der Waals surface area contributed by atoms with Crippen LogP contribution in [0.2, 0.25) is 0 Å². The summed E-state index contributed by atoms with van der Waals surface area (Å²) in [7, 11) is 0. The van der Waals surface area contributed by atoms with Gasteiger partial charge >= 0.3 is 6.43 Å². The molecule has 2 amide bonds. The largest absolute Gasteiger partial charge is 0.336 e. The summed E-state index contributed by atoms with van der Waals surface area (Å²) >= 11 is 0. The van der Waals surface area contributed by atoms with Gasteiger partial charge in [0.05, 0.1) is 0 Å². The molecule has 1 aliphatic rings. The first-order valence-corrected chi connectivity index (χ1v) is 7.61. The number of carbonyl (C=O) groups excluding carboxylic acids is 2. The van der Waals surface area contributed by atoms with Crippen molar-refractivity contribution < 1.29 is 18.4 Å². The molecule has 7 heteroatoms. The van der Waals surface area contributed by atoms with E-state index in [-0.39, 0.29) is 5.91 Å². The van der Waals surface area contributed by atoms with E-state index in [1.54, 1.807) is 0 Å². The van der Waals surface area contributed by atoms with Crippen LogP contribution in [0.15, 0.2) is 24.3 Å². The number of amides is 2. The first-order chi connectivity index (χ1) is 11.0. The van der Waals surface area contributed by atoms with Crippen molar-refractivity contribution in [2.24, 2.45) is 0 Å². The smallest absolute Gasteiger partial charge is 0.315 e. The van der Waals surface area contributed by atoms with E-state index >= 15 is 0 Å². The van der Waals surface area contributed by atoms with Gasteiger partial charge in [-0.15, -0.1) is 0 Å². The number of hydrogen-bond donors (Lipinski definition) is 1. The molecule has 0 atom stereocenters. The number of nitrogens with zero attached hydrogens (tertiary/aromatic N) is 2. The zero-order valence-corrected chi connectivity index (χ0v) is 13.1. The Balaban J connectivity index is 1.88. The van der Waals surface area contributed by atoms with E-state index in [0.29, 0.717) is 32.6 Å². The summed E-state index contributed by atoms with van der Waals surface area (Å²) in [6.45, 7) is 4.19. The second-order valence-corrected chi connectivity index (χ2v) is 5.63. The van der Waals surface area contributed by atoms with Crippen molar-refractivity contribution in [1.82, 2.24) is 9.80 Å². The Morgan fingerprint density at radius 2 is 1.83 bits per heavy atom. The molecule has 2 rings (SSSR count). The van der Waals surface area contributed by atoms with Gasteiger partial charge in [-0.05, 0) is 24.1 Å². The second kappa shape index (κ2) is 8.01. The molecule has 0 aromatic heterocycles. The van der Waals surface area contributed by atoms with Crippen LogP contribution in [0.5, 0.6) is 0 Å². The third kappa shape index (κ3) is 5.28. The summed E-state index contributed by atoms with van der Waals surface area (Å²) < 4.78 is 25.0. The quantitative estimate of drug-likeness (QED) is 0.920. The average molecular weight is 325 g/mol. The van der Waals surface area contributed by atoms with Crippen LogP contribution in [0.4, 0.5) is 14.5 Å². The van der Waals surface area contributed by atoms with Crippen molar-refractivity contribution in [2.45, 2.75) is 26.3 Å². The molecule has 0 radical (unpaired) electrons. The molecule has 126 valence electrons. The summed E-state index contributed by atoms with van der Waals surface area (Å²) in [5.74, 6) is -1.19. The summed E-state index contributed by atoms with van der Waals surface area (Å²) in [4.78, 5) is 25.7. The first kappa shape index (κ1) is 17.3. The third-order valence-corrected chi connectivity index (χ3v) is 3.77. The predicted molar refractivity (Wildman–Crippen MR) is 83.2 cm³/mol. The van der Waals surface area contributed by atoms with E-state index in [1.807, 2.05) is 24.3 Å². The van der Waals surface area contributed by atoms with Crippen molar-refractivity contribution in [2.75, 3.05) is 31.5 Å². The molecule has 0 spiro atoms. The predicted octanol–water partition coefficient (Wildman–Crippen LogP) is 1.94. The van der Waals surface area contributed by atoms with Crippen LogP contribution in [0.1, 0.15) is 18.9 Å². The highest BCUT2D eigenvalue weighted by Gasteiger charge is 2.25. The van der Waals surface area contributed by atoms with E-state index < -0.39 is 12.3 Å². The molecule has 1 aromatic rings. The van der Waals surface area contributed by atoms with Crippen LogP contribution < -0.4 is 5.32 Å². The van der Waals surface area contributed by atoms with Gasteiger partial charge in [-0.1, -0.05) is 12.1 Å². The summed E-state index contributed by atoms with van der Waals surface area (Å²) in [5, 5.41) is 2.71. The number of alkyl halides is 2. The topological polar surface area (TPSA) is 52.7 Å². The summed E-state index contributed by atoms with van der Waals surface area (Å²) in [6, 6.07) is 7.53. The Kier molecular flexibility index (Phi) is 6.04. The van der Waals surface area contributed by atoms with Gasteiger partial charge in [0.25, 0.3) is 5.91 Å². The Bertz CT molecular complexity index is 549. The second-order valence-electron chi connectivity index (χ2n) is 5.63. The summed E-state index contributed by atoms with van der Waals surface area (Å²) in [6.07, 6.45) is -2.24. The Labute approximate surface area is 134 Å². The molecule has 23 heavy (non-hydrogen) atoms. The van der Waals surface area contributed by atoms with E-state index in [2.05, 4.69) is 10.2 Å². The van der Waals surface area contributed by atoms with Crippen LogP contribution >= 0.6 is 0 Å². The van der Waals surface area contributed by atoms with Gasteiger partial charge in [0.15, 0.2) is 0 Å². The Hall–Kier alpha value is -2.02. The third-order valence-electron chi connectivity index (χ3n) is 3.77. The zero-order chi connectivity index (χ0) is 16.8. The van der Waals surface area contributed by atoms with Gasteiger partial charge < -0.3 is 10.2 Å². The van der Waals surface area contributed by atoms with Crippen LogP contribution in [-0.2, 0) is 16.1 Å². The Morgan fingerprint density at radius 3 is 2.43 bits per heavy atom. The number of carbonyl (C=O) groups is 2. The van der Waals surface area contributed by atoms with Gasteiger partial charge in [0, 0.05) is 45.3 Å². The lowest BCUT2D eigenvalue weighted by molar-refractivity contribution is -0.142. The molecule has 5 nitrogen and oxygen atoms in total. The lowest BCUT2D eigenvalue weighted by Gasteiger charge is -2.21. The minimum atomic E-state index is -2.93. The molecule has 1 aromatic carbocycles. The van der Waals surface area contributed by atoms with Crippen molar-refractivity contribution >= 4 is 17.5 Å². The number of nitrogens with one attached hydrogen (secondary N) is 1. The minimum absolute atomic E-state index is 0.117. The van der Waals surface area contributed by atoms with E-state index in [0.717, 1.165) is 17.8 Å². The molecule has 0 unspecified atom stereocenters.